The van der Waals surface area contributed by atoms with Crippen molar-refractivity contribution >= 4 is 34.4 Å². The van der Waals surface area contributed by atoms with E-state index in [2.05, 4.69) is 25.5 Å². The van der Waals surface area contributed by atoms with E-state index in [1.54, 1.807) is 4.90 Å². The molecule has 0 saturated heterocycles. The zero-order valence-corrected chi connectivity index (χ0v) is 17.8. The molecule has 9 heteroatoms. The molecule has 1 aromatic carbocycles. The highest BCUT2D eigenvalue weighted by Gasteiger charge is 2.43. The van der Waals surface area contributed by atoms with E-state index in [1.807, 2.05) is 46.8 Å². The summed E-state index contributed by atoms with van der Waals surface area (Å²) < 4.78 is 5.18. The second-order valence-corrected chi connectivity index (χ2v) is 8.42. The number of benzene rings is 1. The van der Waals surface area contributed by atoms with Gasteiger partial charge in [0.25, 0.3) is 0 Å². The first-order valence-electron chi connectivity index (χ1n) is 10.1. The third-order valence-electron chi connectivity index (χ3n) is 5.32. The van der Waals surface area contributed by atoms with Gasteiger partial charge in [0.05, 0.1) is 40.6 Å². The number of nitrogens with zero attached hydrogens (tertiary/aromatic N) is 3. The Balaban J connectivity index is 1.68. The van der Waals surface area contributed by atoms with Gasteiger partial charge in [-0.1, -0.05) is 13.8 Å². The van der Waals surface area contributed by atoms with Crippen molar-refractivity contribution in [3.63, 3.8) is 0 Å². The molecule has 1 aliphatic heterocycles. The summed E-state index contributed by atoms with van der Waals surface area (Å²) in [6.45, 7) is 10.7. The molecule has 0 unspecified atom stereocenters. The van der Waals surface area contributed by atoms with Crippen molar-refractivity contribution in [2.75, 3.05) is 23.4 Å². The number of H-pyrrole nitrogens is 2. The number of ether oxygens (including phenoxy) is 1. The van der Waals surface area contributed by atoms with Gasteiger partial charge in [-0.15, -0.1) is 0 Å². The predicted molar refractivity (Wildman–Crippen MR) is 115 cm³/mol. The summed E-state index contributed by atoms with van der Waals surface area (Å²) in [5, 5.41) is 9.61. The summed E-state index contributed by atoms with van der Waals surface area (Å²) in [6.07, 6.45) is 0.972. The van der Waals surface area contributed by atoms with Gasteiger partial charge in [-0.25, -0.2) is 9.78 Å². The number of nitrogens with one attached hydrogen (secondary N) is 3. The maximum Gasteiger partial charge on any atom is 0.411 e. The van der Waals surface area contributed by atoms with Gasteiger partial charge in [-0.2, -0.15) is 5.10 Å². The lowest BCUT2D eigenvalue weighted by Crippen LogP contribution is -2.35. The number of aromatic nitrogens is 4. The molecule has 0 bridgehead atoms. The Morgan fingerprint density at radius 2 is 2.10 bits per heavy atom. The Bertz CT molecular complexity index is 1130. The first-order valence-corrected chi connectivity index (χ1v) is 10.1. The number of amides is 2. The van der Waals surface area contributed by atoms with Crippen LogP contribution in [-0.2, 0) is 14.9 Å². The average Bonchev–Trinajstić information content (AvgIpc) is 3.35. The molecule has 0 fully saturated rings. The van der Waals surface area contributed by atoms with Crippen molar-refractivity contribution in [2.24, 2.45) is 5.92 Å². The Hall–Kier alpha value is -3.36. The van der Waals surface area contributed by atoms with Crippen LogP contribution in [0, 0.1) is 5.92 Å². The van der Waals surface area contributed by atoms with Gasteiger partial charge in [-0.05, 0) is 44.4 Å². The van der Waals surface area contributed by atoms with Gasteiger partial charge in [0.15, 0.2) is 5.82 Å². The van der Waals surface area contributed by atoms with E-state index in [-0.39, 0.29) is 11.8 Å². The quantitative estimate of drug-likeness (QED) is 0.592. The molecule has 3 N–H and O–H groups in total. The highest BCUT2D eigenvalue weighted by molar-refractivity contribution is 6.09. The number of fused-ring (bicyclic) bond motifs is 2. The van der Waals surface area contributed by atoms with Gasteiger partial charge in [-0.3, -0.25) is 15.2 Å². The van der Waals surface area contributed by atoms with Crippen molar-refractivity contribution in [3.05, 3.63) is 23.9 Å². The van der Waals surface area contributed by atoms with Crippen molar-refractivity contribution in [1.29, 1.82) is 0 Å². The van der Waals surface area contributed by atoms with Crippen LogP contribution < -0.4 is 10.2 Å². The van der Waals surface area contributed by atoms with E-state index in [0.29, 0.717) is 30.4 Å². The molecule has 0 spiro atoms. The maximum absolute atomic E-state index is 12.7. The summed E-state index contributed by atoms with van der Waals surface area (Å²) >= 11 is 0. The first-order chi connectivity index (χ1) is 14.2. The molecule has 1 aliphatic rings. The number of carbonyl (C=O) groups excluding carboxylic acids is 2. The van der Waals surface area contributed by atoms with Crippen LogP contribution in [0.5, 0.6) is 0 Å². The molecule has 0 atom stereocenters. The van der Waals surface area contributed by atoms with Crippen LogP contribution >= 0.6 is 0 Å². The number of hydrogen-bond acceptors (Lipinski definition) is 5. The highest BCUT2D eigenvalue weighted by atomic mass is 16.5. The van der Waals surface area contributed by atoms with E-state index < -0.39 is 11.5 Å². The number of rotatable bonds is 5. The van der Waals surface area contributed by atoms with Crippen molar-refractivity contribution in [1.82, 2.24) is 20.2 Å². The highest BCUT2D eigenvalue weighted by Crippen LogP contribution is 2.43. The SMILES string of the molecule is CCN1C(=O)C(C)(C)c2cc3[nH]c(-c4[nH]ncc4NC(=O)OCC(C)C)nc3cc21. The summed E-state index contributed by atoms with van der Waals surface area (Å²) in [5.41, 5.74) is 3.83. The standard InChI is InChI=1S/C21H26N6O3/c1-6-27-16-8-14-13(7-12(16)21(4,5)19(27)28)23-18(24-14)17-15(9-22-26-17)25-20(29)30-10-11(2)3/h7-9,11H,6,10H2,1-5H3,(H,22,26)(H,23,24)(H,25,29). The van der Waals surface area contributed by atoms with Gasteiger partial charge in [0, 0.05) is 6.54 Å². The smallest absolute Gasteiger partial charge is 0.411 e. The van der Waals surface area contributed by atoms with Crippen LogP contribution in [0.1, 0.15) is 40.2 Å². The van der Waals surface area contributed by atoms with Gasteiger partial charge in [0.2, 0.25) is 5.91 Å². The number of hydrogen-bond donors (Lipinski definition) is 3. The van der Waals surface area contributed by atoms with Crippen molar-refractivity contribution < 1.29 is 14.3 Å². The van der Waals surface area contributed by atoms with Crippen LogP contribution in [0.15, 0.2) is 18.3 Å². The fraction of sp³-hybridized carbons (Fsp3) is 0.429. The number of imidazole rings is 1. The fourth-order valence-corrected chi connectivity index (χ4v) is 3.71. The van der Waals surface area contributed by atoms with E-state index in [9.17, 15) is 9.59 Å². The van der Waals surface area contributed by atoms with Crippen molar-refractivity contribution in [3.8, 4) is 11.5 Å². The van der Waals surface area contributed by atoms with Crippen molar-refractivity contribution in [2.45, 2.75) is 40.0 Å². The second-order valence-electron chi connectivity index (χ2n) is 8.42. The molecule has 0 saturated carbocycles. The Kier molecular flexibility index (Phi) is 4.76. The molecule has 9 nitrogen and oxygen atoms in total. The Morgan fingerprint density at radius 1 is 1.33 bits per heavy atom. The molecule has 30 heavy (non-hydrogen) atoms. The number of aromatic amines is 2. The minimum absolute atomic E-state index is 0.0906. The molecule has 3 heterocycles. The predicted octanol–water partition coefficient (Wildman–Crippen LogP) is 3.80. The summed E-state index contributed by atoms with van der Waals surface area (Å²) in [4.78, 5) is 34.5. The molecule has 158 valence electrons. The summed E-state index contributed by atoms with van der Waals surface area (Å²) in [5.74, 6) is 0.876. The second kappa shape index (κ2) is 7.16. The lowest BCUT2D eigenvalue weighted by atomic mass is 9.86. The van der Waals surface area contributed by atoms with Gasteiger partial charge in [0.1, 0.15) is 5.69 Å². The minimum Gasteiger partial charge on any atom is -0.449 e. The number of carbonyl (C=O) groups is 2. The topological polar surface area (TPSA) is 116 Å². The lowest BCUT2D eigenvalue weighted by Gasteiger charge is -2.18. The first kappa shape index (κ1) is 19.9. The molecule has 2 amide bonds. The van der Waals surface area contributed by atoms with Crippen LogP contribution in [0.3, 0.4) is 0 Å². The number of likely N-dealkylation sites (N-methyl/N-ethyl adjacent to an activating group) is 1. The molecule has 0 aliphatic carbocycles. The average molecular weight is 410 g/mol. The third-order valence-corrected chi connectivity index (χ3v) is 5.32. The molecule has 2 aromatic heterocycles. The monoisotopic (exact) mass is 410 g/mol. The minimum atomic E-state index is -0.592. The Labute approximate surface area is 174 Å². The number of anilines is 2. The largest absolute Gasteiger partial charge is 0.449 e. The van der Waals surface area contributed by atoms with E-state index in [4.69, 9.17) is 4.74 Å². The third kappa shape index (κ3) is 3.20. The molecule has 0 radical (unpaired) electrons. The molecule has 3 aromatic rings. The van der Waals surface area contributed by atoms with Gasteiger partial charge < -0.3 is 14.6 Å². The molecule has 4 rings (SSSR count). The van der Waals surface area contributed by atoms with E-state index >= 15 is 0 Å². The summed E-state index contributed by atoms with van der Waals surface area (Å²) in [7, 11) is 0. The zero-order valence-electron chi connectivity index (χ0n) is 17.8. The van der Waals surface area contributed by atoms with E-state index in [1.165, 1.54) is 6.20 Å². The van der Waals surface area contributed by atoms with Crippen LogP contribution in [0.2, 0.25) is 0 Å². The lowest BCUT2D eigenvalue weighted by molar-refractivity contribution is -0.122. The molecular formula is C21H26N6O3. The van der Waals surface area contributed by atoms with Crippen LogP contribution in [0.4, 0.5) is 16.2 Å². The van der Waals surface area contributed by atoms with Gasteiger partial charge >= 0.3 is 6.09 Å². The maximum atomic E-state index is 12.7. The summed E-state index contributed by atoms with van der Waals surface area (Å²) in [6, 6.07) is 3.91. The Morgan fingerprint density at radius 3 is 2.80 bits per heavy atom. The molecular weight excluding hydrogens is 384 g/mol. The van der Waals surface area contributed by atoms with Crippen LogP contribution in [-0.4, -0.2) is 45.3 Å². The normalized spacial score (nSPS) is 15.1. The van der Waals surface area contributed by atoms with Crippen LogP contribution in [0.25, 0.3) is 22.6 Å². The fourth-order valence-electron chi connectivity index (χ4n) is 3.71. The zero-order chi connectivity index (χ0) is 21.6. The van der Waals surface area contributed by atoms with E-state index in [0.717, 1.165) is 22.3 Å².